The van der Waals surface area contributed by atoms with E-state index in [0.29, 0.717) is 0 Å². The lowest BCUT2D eigenvalue weighted by atomic mass is 9.87. The van der Waals surface area contributed by atoms with E-state index in [9.17, 15) is 0 Å². The Morgan fingerprint density at radius 1 is 1.67 bits per heavy atom. The Morgan fingerprint density at radius 2 is 2.40 bits per heavy atom. The van der Waals surface area contributed by atoms with Crippen molar-refractivity contribution < 1.29 is 0 Å². The number of hydrogen-bond donors (Lipinski definition) is 2. The van der Waals surface area contributed by atoms with E-state index in [1.54, 1.807) is 23.1 Å². The van der Waals surface area contributed by atoms with Gasteiger partial charge in [-0.25, -0.2) is 4.98 Å². The van der Waals surface area contributed by atoms with Gasteiger partial charge in [0.25, 0.3) is 0 Å². The Hall–Kier alpha value is -0.550. The molecule has 0 unspecified atom stereocenters. The van der Waals surface area contributed by atoms with E-state index in [-0.39, 0.29) is 11.3 Å². The molecular formula is C10H17N3S2. The standard InChI is InChI=1S/C10H17N3S2/c1-10(2,8(11)12)4-3-6-14-9-13-5-7-15-9/h5,7H,3-4,6H2,1-2H3,(H3,11,12). The molecule has 84 valence electrons. The number of nitrogens with one attached hydrogen (secondary N) is 1. The largest absolute Gasteiger partial charge is 0.387 e. The van der Waals surface area contributed by atoms with Crippen molar-refractivity contribution in [3.63, 3.8) is 0 Å². The molecule has 0 saturated carbocycles. The molecule has 3 N–H and O–H groups in total. The SMILES string of the molecule is CC(C)(CCCSc1nccs1)C(=N)N. The van der Waals surface area contributed by atoms with Crippen molar-refractivity contribution in [2.24, 2.45) is 11.1 Å². The first kappa shape index (κ1) is 12.5. The van der Waals surface area contributed by atoms with E-state index < -0.39 is 0 Å². The van der Waals surface area contributed by atoms with Crippen LogP contribution >= 0.6 is 23.1 Å². The van der Waals surface area contributed by atoms with Crippen LogP contribution in [0.3, 0.4) is 0 Å². The average molecular weight is 243 g/mol. The average Bonchev–Trinajstić information content (AvgIpc) is 2.64. The van der Waals surface area contributed by atoms with Gasteiger partial charge in [0.1, 0.15) is 4.34 Å². The highest BCUT2D eigenvalue weighted by molar-refractivity contribution is 8.00. The summed E-state index contributed by atoms with van der Waals surface area (Å²) in [6.07, 6.45) is 3.85. The van der Waals surface area contributed by atoms with E-state index in [1.165, 1.54) is 0 Å². The highest BCUT2D eigenvalue weighted by Gasteiger charge is 2.20. The maximum absolute atomic E-state index is 7.43. The maximum atomic E-state index is 7.43. The second-order valence-electron chi connectivity index (χ2n) is 4.05. The normalized spacial score (nSPS) is 11.6. The van der Waals surface area contributed by atoms with Gasteiger partial charge in [-0.2, -0.15) is 0 Å². The van der Waals surface area contributed by atoms with Gasteiger partial charge in [-0.3, -0.25) is 5.41 Å². The Morgan fingerprint density at radius 3 is 2.93 bits per heavy atom. The van der Waals surface area contributed by atoms with Gasteiger partial charge in [-0.15, -0.1) is 11.3 Å². The molecule has 1 aromatic heterocycles. The zero-order valence-corrected chi connectivity index (χ0v) is 10.8. The molecule has 0 bridgehead atoms. The fraction of sp³-hybridized carbons (Fsp3) is 0.600. The number of amidine groups is 1. The summed E-state index contributed by atoms with van der Waals surface area (Å²) in [6.45, 7) is 4.03. The number of thioether (sulfide) groups is 1. The summed E-state index contributed by atoms with van der Waals surface area (Å²) in [6, 6.07) is 0. The van der Waals surface area contributed by atoms with E-state index >= 15 is 0 Å². The van der Waals surface area contributed by atoms with E-state index in [1.807, 2.05) is 25.4 Å². The minimum atomic E-state index is -0.163. The highest BCUT2D eigenvalue weighted by Crippen LogP contribution is 2.26. The highest BCUT2D eigenvalue weighted by atomic mass is 32.2. The summed E-state index contributed by atoms with van der Waals surface area (Å²) < 4.78 is 1.12. The van der Waals surface area contributed by atoms with Crippen molar-refractivity contribution in [2.45, 2.75) is 31.0 Å². The lowest BCUT2D eigenvalue weighted by Crippen LogP contribution is -2.30. The van der Waals surface area contributed by atoms with Gasteiger partial charge >= 0.3 is 0 Å². The molecule has 0 radical (unpaired) electrons. The van der Waals surface area contributed by atoms with Crippen molar-refractivity contribution in [1.82, 2.24) is 4.98 Å². The minimum Gasteiger partial charge on any atom is -0.387 e. The quantitative estimate of drug-likeness (QED) is 0.349. The smallest absolute Gasteiger partial charge is 0.149 e. The maximum Gasteiger partial charge on any atom is 0.149 e. The second kappa shape index (κ2) is 5.51. The Bertz CT molecular complexity index is 306. The lowest BCUT2D eigenvalue weighted by Gasteiger charge is -2.22. The van der Waals surface area contributed by atoms with Crippen LogP contribution in [-0.2, 0) is 0 Å². The summed E-state index contributed by atoms with van der Waals surface area (Å²) >= 11 is 3.45. The molecule has 0 spiro atoms. The van der Waals surface area contributed by atoms with Crippen LogP contribution in [0.4, 0.5) is 0 Å². The van der Waals surface area contributed by atoms with Gasteiger partial charge in [-0.05, 0) is 12.8 Å². The Kier molecular flexibility index (Phi) is 4.60. The first-order valence-electron chi connectivity index (χ1n) is 4.89. The van der Waals surface area contributed by atoms with Crippen LogP contribution in [0.1, 0.15) is 26.7 Å². The number of hydrogen-bond acceptors (Lipinski definition) is 4. The molecule has 0 amide bonds. The second-order valence-corrected chi connectivity index (χ2v) is 6.28. The van der Waals surface area contributed by atoms with Gasteiger partial charge in [0.05, 0.1) is 5.84 Å². The first-order chi connectivity index (χ1) is 7.02. The third-order valence-electron chi connectivity index (χ3n) is 2.31. The van der Waals surface area contributed by atoms with Crippen molar-refractivity contribution >= 4 is 28.9 Å². The van der Waals surface area contributed by atoms with E-state index in [2.05, 4.69) is 4.98 Å². The molecule has 1 heterocycles. The summed E-state index contributed by atoms with van der Waals surface area (Å²) in [7, 11) is 0. The predicted molar refractivity (Wildman–Crippen MR) is 67.8 cm³/mol. The summed E-state index contributed by atoms with van der Waals surface area (Å²) in [4.78, 5) is 4.20. The van der Waals surface area contributed by atoms with Gasteiger partial charge in [0, 0.05) is 22.7 Å². The summed E-state index contributed by atoms with van der Waals surface area (Å²) in [5, 5.41) is 9.42. The topological polar surface area (TPSA) is 62.8 Å². The number of nitrogens with two attached hydrogens (primary N) is 1. The molecule has 15 heavy (non-hydrogen) atoms. The zero-order valence-electron chi connectivity index (χ0n) is 9.12. The molecule has 0 aromatic carbocycles. The van der Waals surface area contributed by atoms with Crippen LogP contribution in [-0.4, -0.2) is 16.6 Å². The van der Waals surface area contributed by atoms with E-state index in [4.69, 9.17) is 11.1 Å². The van der Waals surface area contributed by atoms with Crippen LogP contribution in [0.15, 0.2) is 15.9 Å². The molecular weight excluding hydrogens is 226 g/mol. The van der Waals surface area contributed by atoms with E-state index in [0.717, 1.165) is 22.9 Å². The fourth-order valence-electron chi connectivity index (χ4n) is 1.09. The molecule has 3 nitrogen and oxygen atoms in total. The van der Waals surface area contributed by atoms with Crippen LogP contribution in [0.25, 0.3) is 0 Å². The number of aromatic nitrogens is 1. The number of rotatable bonds is 6. The number of nitrogens with zero attached hydrogens (tertiary/aromatic N) is 1. The van der Waals surface area contributed by atoms with Crippen molar-refractivity contribution in [3.05, 3.63) is 11.6 Å². The van der Waals surface area contributed by atoms with Crippen LogP contribution in [0, 0.1) is 10.8 Å². The molecule has 5 heteroatoms. The van der Waals surface area contributed by atoms with Crippen LogP contribution < -0.4 is 5.73 Å². The van der Waals surface area contributed by atoms with Gasteiger partial charge in [-0.1, -0.05) is 25.6 Å². The first-order valence-corrected chi connectivity index (χ1v) is 6.76. The summed E-state index contributed by atoms with van der Waals surface area (Å²) in [5.41, 5.74) is 5.35. The Balaban J connectivity index is 2.19. The third kappa shape index (κ3) is 4.22. The third-order valence-corrected chi connectivity index (χ3v) is 4.36. The van der Waals surface area contributed by atoms with Gasteiger partial charge in [0.2, 0.25) is 0 Å². The van der Waals surface area contributed by atoms with Crippen molar-refractivity contribution in [3.8, 4) is 0 Å². The Labute approximate surface area is 99.0 Å². The zero-order chi connectivity index (χ0) is 11.3. The van der Waals surface area contributed by atoms with Crippen molar-refractivity contribution in [2.75, 3.05) is 5.75 Å². The molecule has 0 aliphatic heterocycles. The summed E-state index contributed by atoms with van der Waals surface area (Å²) in [5.74, 6) is 1.33. The van der Waals surface area contributed by atoms with Crippen LogP contribution in [0.5, 0.6) is 0 Å². The molecule has 0 aliphatic rings. The van der Waals surface area contributed by atoms with Crippen molar-refractivity contribution in [1.29, 1.82) is 5.41 Å². The predicted octanol–water partition coefficient (Wildman–Crippen LogP) is 2.98. The molecule has 0 fully saturated rings. The molecule has 0 aliphatic carbocycles. The minimum absolute atomic E-state index is 0.163. The van der Waals surface area contributed by atoms with Gasteiger partial charge in [0.15, 0.2) is 0 Å². The van der Waals surface area contributed by atoms with Crippen LogP contribution in [0.2, 0.25) is 0 Å². The lowest BCUT2D eigenvalue weighted by molar-refractivity contribution is 0.464. The molecule has 0 atom stereocenters. The molecule has 1 aromatic rings. The van der Waals surface area contributed by atoms with Gasteiger partial charge < -0.3 is 5.73 Å². The monoisotopic (exact) mass is 243 g/mol. The number of thiazole rings is 1. The molecule has 0 saturated heterocycles. The fourth-order valence-corrected chi connectivity index (χ4v) is 2.74. The molecule has 1 rings (SSSR count).